The van der Waals surface area contributed by atoms with Crippen LogP contribution in [0, 0.1) is 20.8 Å². The Balaban J connectivity index is 1.63. The molecule has 0 radical (unpaired) electrons. The van der Waals surface area contributed by atoms with E-state index in [0.717, 1.165) is 47.0 Å². The van der Waals surface area contributed by atoms with E-state index >= 15 is 0 Å². The number of nitrogens with one attached hydrogen (secondary N) is 1. The third-order valence-electron chi connectivity index (χ3n) is 6.24. The summed E-state index contributed by atoms with van der Waals surface area (Å²) in [6.45, 7) is 10.7. The number of fused-ring (bicyclic) bond motifs is 3. The second kappa shape index (κ2) is 7.67. The van der Waals surface area contributed by atoms with Gasteiger partial charge in [-0.25, -0.2) is 4.79 Å². The fourth-order valence-electron chi connectivity index (χ4n) is 4.67. The van der Waals surface area contributed by atoms with Gasteiger partial charge in [-0.1, -0.05) is 6.92 Å². The molecule has 1 amide bonds. The largest absolute Gasteiger partial charge is 0.463 e. The number of likely N-dealkylation sites (N-methyl/N-ethyl adjacent to an activating group) is 1. The molecule has 3 aromatic rings. The van der Waals surface area contributed by atoms with Gasteiger partial charge in [-0.2, -0.15) is 0 Å². The van der Waals surface area contributed by atoms with E-state index in [4.69, 9.17) is 8.83 Å². The monoisotopic (exact) mass is 396 g/mol. The summed E-state index contributed by atoms with van der Waals surface area (Å²) in [5.74, 6) is -0.151. The van der Waals surface area contributed by atoms with Gasteiger partial charge in [0.2, 0.25) is 5.91 Å². The van der Waals surface area contributed by atoms with Crippen LogP contribution in [0.1, 0.15) is 42.0 Å². The lowest BCUT2D eigenvalue weighted by Crippen LogP contribution is -2.40. The van der Waals surface area contributed by atoms with Crippen molar-refractivity contribution in [3.63, 3.8) is 0 Å². The number of nitrogens with zero attached hydrogens (tertiary/aromatic N) is 1. The van der Waals surface area contributed by atoms with Gasteiger partial charge in [-0.05, 0) is 69.5 Å². The average Bonchev–Trinajstić information content (AvgIpc) is 3.29. The Hall–Kier alpha value is -2.60. The third kappa shape index (κ3) is 3.46. The number of hydrogen-bond acceptors (Lipinski definition) is 5. The number of hydrogen-bond donors (Lipinski definition) is 1. The number of benzene rings is 1. The summed E-state index contributed by atoms with van der Waals surface area (Å²) in [4.78, 5) is 27.6. The van der Waals surface area contributed by atoms with Gasteiger partial charge >= 0.3 is 5.63 Å². The number of furan rings is 1. The maximum atomic E-state index is 12.6. The van der Waals surface area contributed by atoms with Crippen LogP contribution < -0.4 is 10.9 Å². The lowest BCUT2D eigenvalue weighted by Gasteiger charge is -2.22. The lowest BCUT2D eigenvalue weighted by molar-refractivity contribution is -0.120. The Labute approximate surface area is 169 Å². The van der Waals surface area contributed by atoms with Crippen LogP contribution in [0.15, 0.2) is 26.0 Å². The number of carbonyl (C=O) groups excluding carboxylic acids is 1. The van der Waals surface area contributed by atoms with Gasteiger partial charge in [0, 0.05) is 18.0 Å². The van der Waals surface area contributed by atoms with Crippen molar-refractivity contribution >= 4 is 27.8 Å². The van der Waals surface area contributed by atoms with E-state index in [9.17, 15) is 9.59 Å². The van der Waals surface area contributed by atoms with Gasteiger partial charge in [-0.15, -0.1) is 0 Å². The van der Waals surface area contributed by atoms with Crippen LogP contribution in [-0.4, -0.2) is 36.5 Å². The van der Waals surface area contributed by atoms with Gasteiger partial charge in [0.05, 0.1) is 23.6 Å². The minimum Gasteiger partial charge on any atom is -0.463 e. The van der Waals surface area contributed by atoms with Crippen LogP contribution >= 0.6 is 0 Å². The number of likely N-dealkylation sites (tertiary alicyclic amines) is 1. The highest BCUT2D eigenvalue weighted by atomic mass is 16.4. The Morgan fingerprint density at radius 3 is 2.79 bits per heavy atom. The molecule has 6 heteroatoms. The SMILES string of the molecule is CCN1CCCC1CNC(=O)Cc1c(C)c2c(cc(C)c3c(C)coc32)oc1=O. The van der Waals surface area contributed by atoms with E-state index in [-0.39, 0.29) is 12.3 Å². The molecule has 0 saturated carbocycles. The molecular weight excluding hydrogens is 368 g/mol. The van der Waals surface area contributed by atoms with Crippen molar-refractivity contribution in [3.8, 4) is 0 Å². The maximum Gasteiger partial charge on any atom is 0.340 e. The Morgan fingerprint density at radius 2 is 2.03 bits per heavy atom. The molecule has 1 aliphatic heterocycles. The molecule has 1 atom stereocenters. The fourth-order valence-corrected chi connectivity index (χ4v) is 4.67. The predicted octanol–water partition coefficient (Wildman–Crippen LogP) is 3.61. The van der Waals surface area contributed by atoms with Crippen molar-refractivity contribution in [2.45, 2.75) is 53.0 Å². The van der Waals surface area contributed by atoms with Crippen LogP contribution in [-0.2, 0) is 11.2 Å². The zero-order valence-corrected chi connectivity index (χ0v) is 17.6. The van der Waals surface area contributed by atoms with E-state index in [0.29, 0.717) is 29.3 Å². The number of aryl methyl sites for hydroxylation is 3. The highest BCUT2D eigenvalue weighted by Crippen LogP contribution is 2.34. The molecule has 1 N–H and O–H groups in total. The summed E-state index contributed by atoms with van der Waals surface area (Å²) < 4.78 is 11.4. The normalized spacial score (nSPS) is 17.4. The van der Waals surface area contributed by atoms with Gasteiger partial charge in [0.1, 0.15) is 11.2 Å². The molecule has 1 aliphatic rings. The van der Waals surface area contributed by atoms with Crippen LogP contribution in [0.4, 0.5) is 0 Å². The van der Waals surface area contributed by atoms with Crippen molar-refractivity contribution < 1.29 is 13.6 Å². The summed E-state index contributed by atoms with van der Waals surface area (Å²) in [6, 6.07) is 2.25. The third-order valence-corrected chi connectivity index (χ3v) is 6.24. The average molecular weight is 396 g/mol. The van der Waals surface area contributed by atoms with E-state index in [1.807, 2.05) is 26.8 Å². The molecule has 1 aromatic carbocycles. The molecule has 1 unspecified atom stereocenters. The van der Waals surface area contributed by atoms with E-state index in [2.05, 4.69) is 17.1 Å². The zero-order chi connectivity index (χ0) is 20.7. The number of carbonyl (C=O) groups is 1. The minimum atomic E-state index is -0.455. The van der Waals surface area contributed by atoms with Crippen molar-refractivity contribution in [3.05, 3.63) is 45.0 Å². The Bertz CT molecular complexity index is 1140. The molecule has 1 fully saturated rings. The predicted molar refractivity (Wildman–Crippen MR) is 113 cm³/mol. The Morgan fingerprint density at radius 1 is 1.24 bits per heavy atom. The quantitative estimate of drug-likeness (QED) is 0.667. The summed E-state index contributed by atoms with van der Waals surface area (Å²) >= 11 is 0. The van der Waals surface area contributed by atoms with Gasteiger partial charge in [0.15, 0.2) is 0 Å². The molecule has 2 aromatic heterocycles. The fraction of sp³-hybridized carbons (Fsp3) is 0.478. The molecule has 6 nitrogen and oxygen atoms in total. The molecule has 0 aliphatic carbocycles. The highest BCUT2D eigenvalue weighted by molar-refractivity contribution is 6.07. The van der Waals surface area contributed by atoms with Crippen molar-refractivity contribution in [2.75, 3.05) is 19.6 Å². The van der Waals surface area contributed by atoms with Crippen LogP contribution in [0.2, 0.25) is 0 Å². The standard InChI is InChI=1S/C23H28N2O4/c1-5-25-8-6-7-16(25)11-24-19(26)10-17-15(4)21-18(29-23(17)27)9-13(2)20-14(3)12-28-22(20)21/h9,12,16H,5-8,10-11H2,1-4H3,(H,24,26). The molecule has 0 spiro atoms. The maximum absolute atomic E-state index is 12.6. The first-order valence-electron chi connectivity index (χ1n) is 10.3. The molecule has 0 bridgehead atoms. The summed E-state index contributed by atoms with van der Waals surface area (Å²) in [5.41, 5.74) is 3.95. The second-order valence-corrected chi connectivity index (χ2v) is 8.09. The van der Waals surface area contributed by atoms with Crippen LogP contribution in [0.25, 0.3) is 21.9 Å². The van der Waals surface area contributed by atoms with E-state index in [1.165, 1.54) is 6.42 Å². The van der Waals surface area contributed by atoms with Crippen molar-refractivity contribution in [2.24, 2.45) is 0 Å². The number of amides is 1. The van der Waals surface area contributed by atoms with Crippen LogP contribution in [0.5, 0.6) is 0 Å². The topological polar surface area (TPSA) is 75.7 Å². The highest BCUT2D eigenvalue weighted by Gasteiger charge is 2.24. The molecule has 29 heavy (non-hydrogen) atoms. The van der Waals surface area contributed by atoms with Crippen LogP contribution in [0.3, 0.4) is 0 Å². The number of rotatable bonds is 5. The molecule has 154 valence electrons. The molecule has 4 rings (SSSR count). The smallest absolute Gasteiger partial charge is 0.340 e. The van der Waals surface area contributed by atoms with Gasteiger partial charge in [-0.3, -0.25) is 9.69 Å². The Kier molecular flexibility index (Phi) is 5.21. The minimum absolute atomic E-state index is 0.0119. The van der Waals surface area contributed by atoms with E-state index in [1.54, 1.807) is 6.26 Å². The zero-order valence-electron chi connectivity index (χ0n) is 17.6. The summed E-state index contributed by atoms with van der Waals surface area (Å²) in [7, 11) is 0. The second-order valence-electron chi connectivity index (χ2n) is 8.09. The van der Waals surface area contributed by atoms with Crippen molar-refractivity contribution in [1.82, 2.24) is 10.2 Å². The molecule has 1 saturated heterocycles. The summed E-state index contributed by atoms with van der Waals surface area (Å²) in [5, 5.41) is 4.81. The van der Waals surface area contributed by atoms with Gasteiger partial charge in [0.25, 0.3) is 0 Å². The first kappa shape index (κ1) is 19.7. The molecular formula is C23H28N2O4. The van der Waals surface area contributed by atoms with Gasteiger partial charge < -0.3 is 14.2 Å². The molecule has 3 heterocycles. The first-order valence-corrected chi connectivity index (χ1v) is 10.3. The van der Waals surface area contributed by atoms with E-state index < -0.39 is 5.63 Å². The first-order chi connectivity index (χ1) is 13.9. The summed E-state index contributed by atoms with van der Waals surface area (Å²) in [6.07, 6.45) is 3.99. The lowest BCUT2D eigenvalue weighted by atomic mass is 9.98. The van der Waals surface area contributed by atoms with Crippen molar-refractivity contribution in [1.29, 1.82) is 0 Å².